The summed E-state index contributed by atoms with van der Waals surface area (Å²) < 4.78 is 0. The average molecular weight is 240 g/mol. The fraction of sp³-hybridized carbons (Fsp3) is 0.462. The summed E-state index contributed by atoms with van der Waals surface area (Å²) in [4.78, 5) is 11.7. The van der Waals surface area contributed by atoms with E-state index in [1.807, 2.05) is 32.0 Å². The normalized spacial score (nSPS) is 12.8. The summed E-state index contributed by atoms with van der Waals surface area (Å²) in [5.74, 6) is 0.476. The molecule has 0 aliphatic carbocycles. The third kappa shape index (κ3) is 3.95. The van der Waals surface area contributed by atoms with Crippen LogP contribution in [-0.2, 0) is 11.2 Å². The van der Waals surface area contributed by atoms with E-state index in [4.69, 9.17) is 17.3 Å². The molecule has 2 N–H and O–H groups in total. The fourth-order valence-corrected chi connectivity index (χ4v) is 1.63. The van der Waals surface area contributed by atoms with Crippen molar-refractivity contribution < 1.29 is 4.79 Å². The summed E-state index contributed by atoms with van der Waals surface area (Å²) in [5, 5.41) is 0.647. The third-order valence-corrected chi connectivity index (χ3v) is 3.03. The smallest absolute Gasteiger partial charge is 0.138 e. The van der Waals surface area contributed by atoms with Gasteiger partial charge in [0.05, 0.1) is 0 Å². The maximum Gasteiger partial charge on any atom is 0.138 e. The van der Waals surface area contributed by atoms with E-state index in [-0.39, 0.29) is 11.8 Å². The Balaban J connectivity index is 2.55. The summed E-state index contributed by atoms with van der Waals surface area (Å²) in [5.41, 5.74) is 6.74. The third-order valence-electron chi connectivity index (χ3n) is 2.67. The molecule has 2 nitrogen and oxygen atoms in total. The highest BCUT2D eigenvalue weighted by atomic mass is 35.5. The zero-order valence-corrected chi connectivity index (χ0v) is 10.5. The number of carbonyl (C=O) groups excluding carboxylic acids is 1. The molecule has 0 aromatic heterocycles. The molecule has 0 saturated heterocycles. The lowest BCUT2D eigenvalue weighted by atomic mass is 9.97. The predicted octanol–water partition coefficient (Wildman–Crippen LogP) is 2.83. The SMILES string of the molecule is CC(C)C(N)CC(=O)Cc1ccccc1Cl. The monoisotopic (exact) mass is 239 g/mol. The second-order valence-electron chi connectivity index (χ2n) is 4.42. The van der Waals surface area contributed by atoms with Crippen LogP contribution in [0.5, 0.6) is 0 Å². The van der Waals surface area contributed by atoms with Crippen LogP contribution in [0.25, 0.3) is 0 Å². The molecule has 0 heterocycles. The van der Waals surface area contributed by atoms with Gasteiger partial charge in [-0.3, -0.25) is 4.79 Å². The Hall–Kier alpha value is -0.860. The minimum atomic E-state index is -0.0602. The van der Waals surface area contributed by atoms with Gasteiger partial charge in [0.1, 0.15) is 5.78 Å². The Morgan fingerprint density at radius 2 is 2.00 bits per heavy atom. The highest BCUT2D eigenvalue weighted by molar-refractivity contribution is 6.31. The number of hydrogen-bond acceptors (Lipinski definition) is 2. The number of nitrogens with two attached hydrogens (primary N) is 1. The Labute approximate surface area is 102 Å². The Morgan fingerprint density at radius 3 is 2.56 bits per heavy atom. The Bertz CT molecular complexity index is 363. The van der Waals surface area contributed by atoms with Crippen molar-refractivity contribution in [1.82, 2.24) is 0 Å². The van der Waals surface area contributed by atoms with Crippen LogP contribution in [0.4, 0.5) is 0 Å². The molecule has 0 saturated carbocycles. The fourth-order valence-electron chi connectivity index (χ4n) is 1.42. The molecule has 16 heavy (non-hydrogen) atoms. The van der Waals surface area contributed by atoms with Gasteiger partial charge in [-0.2, -0.15) is 0 Å². The number of rotatable bonds is 5. The maximum absolute atomic E-state index is 11.7. The average Bonchev–Trinajstić information content (AvgIpc) is 2.21. The molecule has 1 rings (SSSR count). The lowest BCUT2D eigenvalue weighted by Crippen LogP contribution is -2.29. The minimum Gasteiger partial charge on any atom is -0.327 e. The van der Waals surface area contributed by atoms with Crippen LogP contribution in [0.1, 0.15) is 25.8 Å². The highest BCUT2D eigenvalue weighted by Crippen LogP contribution is 2.16. The number of Topliss-reactive ketones (excluding diaryl/α,β-unsaturated/α-hetero) is 1. The molecule has 1 aromatic rings. The van der Waals surface area contributed by atoms with Gasteiger partial charge in [0.15, 0.2) is 0 Å². The standard InChI is InChI=1S/C13H18ClNO/c1-9(2)13(15)8-11(16)7-10-5-3-4-6-12(10)14/h3-6,9,13H,7-8,15H2,1-2H3. The van der Waals surface area contributed by atoms with Crippen molar-refractivity contribution in [1.29, 1.82) is 0 Å². The van der Waals surface area contributed by atoms with Gasteiger partial charge in [-0.1, -0.05) is 43.6 Å². The minimum absolute atomic E-state index is 0.0602. The summed E-state index contributed by atoms with van der Waals surface area (Å²) in [7, 11) is 0. The number of carbonyl (C=O) groups is 1. The molecule has 1 unspecified atom stereocenters. The molecule has 1 aromatic carbocycles. The topological polar surface area (TPSA) is 43.1 Å². The second kappa shape index (κ2) is 6.02. The van der Waals surface area contributed by atoms with Crippen molar-refractivity contribution in [3.63, 3.8) is 0 Å². The van der Waals surface area contributed by atoms with Gasteiger partial charge in [0, 0.05) is 23.9 Å². The van der Waals surface area contributed by atoms with Crippen molar-refractivity contribution in [2.75, 3.05) is 0 Å². The van der Waals surface area contributed by atoms with Crippen molar-refractivity contribution in [2.45, 2.75) is 32.7 Å². The van der Waals surface area contributed by atoms with Crippen LogP contribution in [0.3, 0.4) is 0 Å². The maximum atomic E-state index is 11.7. The molecule has 3 heteroatoms. The Morgan fingerprint density at radius 1 is 1.38 bits per heavy atom. The molecule has 0 bridgehead atoms. The van der Waals surface area contributed by atoms with Gasteiger partial charge in [0.2, 0.25) is 0 Å². The van der Waals surface area contributed by atoms with Gasteiger partial charge >= 0.3 is 0 Å². The number of ketones is 1. The van der Waals surface area contributed by atoms with Gasteiger partial charge in [-0.25, -0.2) is 0 Å². The molecule has 88 valence electrons. The predicted molar refractivity (Wildman–Crippen MR) is 67.6 cm³/mol. The van der Waals surface area contributed by atoms with Gasteiger partial charge in [0.25, 0.3) is 0 Å². The summed E-state index contributed by atoms with van der Waals surface area (Å²) >= 11 is 5.98. The van der Waals surface area contributed by atoms with Crippen LogP contribution < -0.4 is 5.73 Å². The molecule has 0 spiro atoms. The lowest BCUT2D eigenvalue weighted by Gasteiger charge is -2.14. The van der Waals surface area contributed by atoms with Crippen molar-refractivity contribution in [2.24, 2.45) is 11.7 Å². The highest BCUT2D eigenvalue weighted by Gasteiger charge is 2.14. The van der Waals surface area contributed by atoms with Crippen LogP contribution in [0.15, 0.2) is 24.3 Å². The molecule has 0 aliphatic heterocycles. The van der Waals surface area contributed by atoms with E-state index in [1.165, 1.54) is 0 Å². The first-order valence-electron chi connectivity index (χ1n) is 5.51. The van der Waals surface area contributed by atoms with Crippen molar-refractivity contribution in [3.05, 3.63) is 34.9 Å². The summed E-state index contributed by atoms with van der Waals surface area (Å²) in [6, 6.07) is 7.36. The quantitative estimate of drug-likeness (QED) is 0.859. The number of hydrogen-bond donors (Lipinski definition) is 1. The number of halogens is 1. The van der Waals surface area contributed by atoms with Crippen molar-refractivity contribution >= 4 is 17.4 Å². The van der Waals surface area contributed by atoms with E-state index in [0.717, 1.165) is 5.56 Å². The molecule has 0 aliphatic rings. The van der Waals surface area contributed by atoms with E-state index in [1.54, 1.807) is 6.07 Å². The first kappa shape index (κ1) is 13.2. The zero-order chi connectivity index (χ0) is 12.1. The van der Waals surface area contributed by atoms with E-state index < -0.39 is 0 Å². The second-order valence-corrected chi connectivity index (χ2v) is 4.83. The molecular formula is C13H18ClNO. The van der Waals surface area contributed by atoms with Crippen LogP contribution in [0, 0.1) is 5.92 Å². The van der Waals surface area contributed by atoms with Crippen LogP contribution in [0.2, 0.25) is 5.02 Å². The molecular weight excluding hydrogens is 222 g/mol. The van der Waals surface area contributed by atoms with Crippen LogP contribution in [-0.4, -0.2) is 11.8 Å². The first-order chi connectivity index (χ1) is 7.50. The zero-order valence-electron chi connectivity index (χ0n) is 9.74. The summed E-state index contributed by atoms with van der Waals surface area (Å²) in [6.07, 6.45) is 0.795. The first-order valence-corrected chi connectivity index (χ1v) is 5.89. The molecule has 0 radical (unpaired) electrons. The van der Waals surface area contributed by atoms with E-state index in [9.17, 15) is 4.79 Å². The largest absolute Gasteiger partial charge is 0.327 e. The van der Waals surface area contributed by atoms with Crippen molar-refractivity contribution in [3.8, 4) is 0 Å². The van der Waals surface area contributed by atoms with Gasteiger partial charge in [-0.05, 0) is 17.5 Å². The summed E-state index contributed by atoms with van der Waals surface area (Å²) in [6.45, 7) is 4.04. The Kier molecular flexibility index (Phi) is 4.97. The van der Waals surface area contributed by atoms with Gasteiger partial charge < -0.3 is 5.73 Å². The van der Waals surface area contributed by atoms with E-state index in [2.05, 4.69) is 0 Å². The van der Waals surface area contributed by atoms with E-state index in [0.29, 0.717) is 23.8 Å². The molecule has 0 fully saturated rings. The molecule has 1 atom stereocenters. The van der Waals surface area contributed by atoms with E-state index >= 15 is 0 Å². The van der Waals surface area contributed by atoms with Crippen LogP contribution >= 0.6 is 11.6 Å². The lowest BCUT2D eigenvalue weighted by molar-refractivity contribution is -0.118. The molecule has 0 amide bonds. The number of benzene rings is 1. The van der Waals surface area contributed by atoms with Gasteiger partial charge in [-0.15, -0.1) is 0 Å².